The van der Waals surface area contributed by atoms with E-state index >= 15 is 0 Å². The average molecular weight is 416 g/mol. The van der Waals surface area contributed by atoms with Crippen molar-refractivity contribution in [3.63, 3.8) is 0 Å². The second kappa shape index (κ2) is 8.53. The van der Waals surface area contributed by atoms with Crippen molar-refractivity contribution in [2.75, 3.05) is 5.32 Å². The van der Waals surface area contributed by atoms with Crippen LogP contribution in [0.15, 0.2) is 18.5 Å². The Morgan fingerprint density at radius 1 is 1.17 bits per heavy atom. The predicted molar refractivity (Wildman–Crippen MR) is 112 cm³/mol. The summed E-state index contributed by atoms with van der Waals surface area (Å²) in [6.45, 7) is 2.44. The molecule has 2 aliphatic rings. The fourth-order valence-corrected chi connectivity index (χ4v) is 4.64. The Balaban J connectivity index is 1.50. The van der Waals surface area contributed by atoms with Crippen LogP contribution in [-0.4, -0.2) is 32.6 Å². The Kier molecular flexibility index (Phi) is 5.85. The van der Waals surface area contributed by atoms with E-state index in [1.807, 2.05) is 16.9 Å². The number of aryl methyl sites for hydroxylation is 1. The van der Waals surface area contributed by atoms with E-state index in [0.29, 0.717) is 17.3 Å². The van der Waals surface area contributed by atoms with E-state index in [-0.39, 0.29) is 23.8 Å². The standard InChI is InChI=1S/C21H26ClN5O2/c1-13(28)25-15-6-4-5-14(9-15)21(29)26-20-10-16(18(22)12-23-20)17-11-24-27-8-3-2-7-19(17)27/h10-12,14-15H,2-9H2,1H3,(H,25,28)(H,23,26,29)/t14?,15-/m1/s1. The first-order valence-corrected chi connectivity index (χ1v) is 10.7. The Hall–Kier alpha value is -2.41. The summed E-state index contributed by atoms with van der Waals surface area (Å²) in [5.74, 6) is 0.250. The molecule has 2 aromatic rings. The third-order valence-corrected chi connectivity index (χ3v) is 6.13. The van der Waals surface area contributed by atoms with E-state index < -0.39 is 0 Å². The van der Waals surface area contributed by atoms with Crippen LogP contribution in [0.4, 0.5) is 5.82 Å². The Labute approximate surface area is 175 Å². The van der Waals surface area contributed by atoms with Crippen molar-refractivity contribution in [2.45, 2.75) is 64.5 Å². The van der Waals surface area contributed by atoms with Gasteiger partial charge in [-0.1, -0.05) is 18.0 Å². The molecule has 0 bridgehead atoms. The molecule has 0 radical (unpaired) electrons. The lowest BCUT2D eigenvalue weighted by Crippen LogP contribution is -2.40. The molecule has 7 nitrogen and oxygen atoms in total. The van der Waals surface area contributed by atoms with Crippen LogP contribution in [0.25, 0.3) is 11.1 Å². The van der Waals surface area contributed by atoms with Gasteiger partial charge < -0.3 is 10.6 Å². The van der Waals surface area contributed by atoms with E-state index in [1.165, 1.54) is 12.6 Å². The van der Waals surface area contributed by atoms with Crippen LogP contribution in [0.3, 0.4) is 0 Å². The SMILES string of the molecule is CC(=O)N[C@@H]1CCCC(C(=O)Nc2cc(-c3cnn4c3CCCC4)c(Cl)cn2)C1. The molecular weight excluding hydrogens is 390 g/mol. The lowest BCUT2D eigenvalue weighted by molar-refractivity contribution is -0.123. The zero-order chi connectivity index (χ0) is 20.4. The normalized spacial score (nSPS) is 21.3. The van der Waals surface area contributed by atoms with E-state index in [0.717, 1.165) is 56.2 Å². The number of aromatic nitrogens is 3. The highest BCUT2D eigenvalue weighted by atomic mass is 35.5. The average Bonchev–Trinajstić information content (AvgIpc) is 3.13. The Morgan fingerprint density at radius 3 is 2.86 bits per heavy atom. The molecule has 2 atom stereocenters. The van der Waals surface area contributed by atoms with Crippen LogP contribution < -0.4 is 10.6 Å². The van der Waals surface area contributed by atoms with Gasteiger partial charge in [-0.2, -0.15) is 5.10 Å². The largest absolute Gasteiger partial charge is 0.354 e. The van der Waals surface area contributed by atoms with Gasteiger partial charge in [-0.15, -0.1) is 0 Å². The summed E-state index contributed by atoms with van der Waals surface area (Å²) in [5, 5.41) is 10.9. The number of anilines is 1. The number of halogens is 1. The Morgan fingerprint density at radius 2 is 2.03 bits per heavy atom. The molecular formula is C21H26ClN5O2. The molecule has 29 heavy (non-hydrogen) atoms. The number of fused-ring (bicyclic) bond motifs is 1. The van der Waals surface area contributed by atoms with Crippen molar-refractivity contribution in [1.29, 1.82) is 0 Å². The second-order valence-corrected chi connectivity index (χ2v) is 8.39. The number of hydrogen-bond donors (Lipinski definition) is 2. The second-order valence-electron chi connectivity index (χ2n) is 7.98. The quantitative estimate of drug-likeness (QED) is 0.798. The van der Waals surface area contributed by atoms with E-state index in [2.05, 4.69) is 20.7 Å². The number of rotatable bonds is 4. The number of amides is 2. The molecule has 1 aliphatic heterocycles. The van der Waals surface area contributed by atoms with Gasteiger partial charge >= 0.3 is 0 Å². The van der Waals surface area contributed by atoms with Crippen molar-refractivity contribution in [2.24, 2.45) is 5.92 Å². The van der Waals surface area contributed by atoms with Gasteiger partial charge in [0.2, 0.25) is 11.8 Å². The first-order valence-electron chi connectivity index (χ1n) is 10.3. The molecule has 2 amide bonds. The lowest BCUT2D eigenvalue weighted by atomic mass is 9.85. The van der Waals surface area contributed by atoms with Gasteiger partial charge in [0, 0.05) is 48.4 Å². The van der Waals surface area contributed by atoms with Crippen LogP contribution in [0.1, 0.15) is 51.1 Å². The highest BCUT2D eigenvalue weighted by Crippen LogP contribution is 2.34. The first-order chi connectivity index (χ1) is 14.0. The topological polar surface area (TPSA) is 88.9 Å². The highest BCUT2D eigenvalue weighted by molar-refractivity contribution is 6.33. The van der Waals surface area contributed by atoms with E-state index in [9.17, 15) is 9.59 Å². The minimum absolute atomic E-state index is 0.0513. The number of carbonyl (C=O) groups is 2. The molecule has 4 rings (SSSR count). The summed E-state index contributed by atoms with van der Waals surface area (Å²) >= 11 is 6.43. The monoisotopic (exact) mass is 415 g/mol. The number of pyridine rings is 1. The molecule has 0 aromatic carbocycles. The summed E-state index contributed by atoms with van der Waals surface area (Å²) in [6, 6.07) is 1.89. The molecule has 1 unspecified atom stereocenters. The van der Waals surface area contributed by atoms with Gasteiger partial charge in [-0.25, -0.2) is 4.98 Å². The van der Waals surface area contributed by atoms with E-state index in [4.69, 9.17) is 11.6 Å². The number of hydrogen-bond acceptors (Lipinski definition) is 4. The van der Waals surface area contributed by atoms with Crippen molar-refractivity contribution >= 4 is 29.2 Å². The summed E-state index contributed by atoms with van der Waals surface area (Å²) in [4.78, 5) is 28.4. The first kappa shape index (κ1) is 19.9. The number of carbonyl (C=O) groups excluding carboxylic acids is 2. The van der Waals surface area contributed by atoms with Gasteiger partial charge in [0.05, 0.1) is 11.2 Å². The third kappa shape index (κ3) is 4.45. The maximum atomic E-state index is 12.8. The van der Waals surface area contributed by atoms with Crippen LogP contribution in [0, 0.1) is 5.92 Å². The predicted octanol–water partition coefficient (Wildman–Crippen LogP) is 3.57. The molecule has 8 heteroatoms. The summed E-state index contributed by atoms with van der Waals surface area (Å²) in [6.07, 6.45) is 10.0. The van der Waals surface area contributed by atoms with Crippen molar-refractivity contribution in [3.05, 3.63) is 29.2 Å². The third-order valence-electron chi connectivity index (χ3n) is 5.83. The van der Waals surface area contributed by atoms with Crippen LogP contribution in [-0.2, 0) is 22.6 Å². The van der Waals surface area contributed by atoms with Gasteiger partial charge in [-0.05, 0) is 44.6 Å². The van der Waals surface area contributed by atoms with E-state index in [1.54, 1.807) is 6.20 Å². The fourth-order valence-electron chi connectivity index (χ4n) is 4.43. The fraction of sp³-hybridized carbons (Fsp3) is 0.524. The minimum atomic E-state index is -0.134. The molecule has 0 spiro atoms. The summed E-state index contributed by atoms with van der Waals surface area (Å²) in [7, 11) is 0. The number of nitrogens with one attached hydrogen (secondary N) is 2. The van der Waals surface area contributed by atoms with Gasteiger partial charge in [0.25, 0.3) is 0 Å². The summed E-state index contributed by atoms with van der Waals surface area (Å²) < 4.78 is 2.04. The van der Waals surface area contributed by atoms with Crippen LogP contribution in [0.5, 0.6) is 0 Å². The molecule has 154 valence electrons. The van der Waals surface area contributed by atoms with Gasteiger partial charge in [0.15, 0.2) is 0 Å². The van der Waals surface area contributed by atoms with Gasteiger partial charge in [-0.3, -0.25) is 14.3 Å². The molecule has 2 N–H and O–H groups in total. The molecule has 1 fully saturated rings. The number of nitrogens with zero attached hydrogens (tertiary/aromatic N) is 3. The Bertz CT molecular complexity index is 926. The van der Waals surface area contributed by atoms with Crippen LogP contribution in [0.2, 0.25) is 5.02 Å². The zero-order valence-electron chi connectivity index (χ0n) is 16.6. The molecule has 3 heterocycles. The smallest absolute Gasteiger partial charge is 0.228 e. The van der Waals surface area contributed by atoms with Crippen LogP contribution >= 0.6 is 11.6 Å². The molecule has 0 saturated heterocycles. The van der Waals surface area contributed by atoms with Gasteiger partial charge in [0.1, 0.15) is 5.82 Å². The summed E-state index contributed by atoms with van der Waals surface area (Å²) in [5.41, 5.74) is 3.04. The van der Waals surface area contributed by atoms with Crippen molar-refractivity contribution < 1.29 is 9.59 Å². The van der Waals surface area contributed by atoms with Crippen molar-refractivity contribution in [3.8, 4) is 11.1 Å². The lowest BCUT2D eigenvalue weighted by Gasteiger charge is -2.28. The minimum Gasteiger partial charge on any atom is -0.354 e. The van der Waals surface area contributed by atoms with Crippen molar-refractivity contribution in [1.82, 2.24) is 20.1 Å². The highest BCUT2D eigenvalue weighted by Gasteiger charge is 2.28. The molecule has 1 aliphatic carbocycles. The zero-order valence-corrected chi connectivity index (χ0v) is 17.3. The maximum Gasteiger partial charge on any atom is 0.228 e. The molecule has 2 aromatic heterocycles. The maximum absolute atomic E-state index is 12.8. The molecule has 1 saturated carbocycles.